The third-order valence-electron chi connectivity index (χ3n) is 5.69. The third kappa shape index (κ3) is 3.59. The fourth-order valence-corrected chi connectivity index (χ4v) is 3.98. The number of hydrogen-bond acceptors (Lipinski definition) is 8. The van der Waals surface area contributed by atoms with E-state index < -0.39 is 5.60 Å². The van der Waals surface area contributed by atoms with Gasteiger partial charge in [0.25, 0.3) is 0 Å². The van der Waals surface area contributed by atoms with Gasteiger partial charge in [-0.25, -0.2) is 14.8 Å². The van der Waals surface area contributed by atoms with Gasteiger partial charge in [-0.3, -0.25) is 0 Å². The van der Waals surface area contributed by atoms with Crippen LogP contribution in [0.2, 0.25) is 0 Å². The van der Waals surface area contributed by atoms with Gasteiger partial charge in [0, 0.05) is 56.2 Å². The van der Waals surface area contributed by atoms with E-state index in [0.29, 0.717) is 23.6 Å². The number of benzene rings is 1. The molecule has 2 aromatic heterocycles. The number of piperazine rings is 1. The van der Waals surface area contributed by atoms with Crippen LogP contribution in [0.4, 0.5) is 5.82 Å². The molecule has 0 radical (unpaired) electrons. The van der Waals surface area contributed by atoms with E-state index in [1.807, 2.05) is 26.0 Å². The summed E-state index contributed by atoms with van der Waals surface area (Å²) in [5.74, 6) is 2.12. The molecule has 5 rings (SSSR count). The van der Waals surface area contributed by atoms with Crippen molar-refractivity contribution in [2.24, 2.45) is 0 Å². The summed E-state index contributed by atoms with van der Waals surface area (Å²) in [5, 5.41) is 4.20. The molecule has 2 aliphatic heterocycles. The largest absolute Gasteiger partial charge is 0.484 e. The van der Waals surface area contributed by atoms with Crippen LogP contribution in [0.5, 0.6) is 11.6 Å². The summed E-state index contributed by atoms with van der Waals surface area (Å²) >= 11 is 0. The minimum Gasteiger partial charge on any atom is -0.484 e. The summed E-state index contributed by atoms with van der Waals surface area (Å²) in [6, 6.07) is 8.87. The van der Waals surface area contributed by atoms with Crippen LogP contribution in [0.1, 0.15) is 19.4 Å². The molecule has 1 N–H and O–H groups in total. The molecule has 30 heavy (non-hydrogen) atoms. The van der Waals surface area contributed by atoms with Crippen molar-refractivity contribution >= 4 is 16.8 Å². The predicted octanol–water partition coefficient (Wildman–Crippen LogP) is 2.15. The molecular formula is C22H24N4O4. The molecule has 0 spiro atoms. The van der Waals surface area contributed by atoms with Crippen LogP contribution in [0.25, 0.3) is 11.0 Å². The summed E-state index contributed by atoms with van der Waals surface area (Å²) in [6.45, 7) is 7.67. The molecule has 1 unspecified atom stereocenters. The van der Waals surface area contributed by atoms with Gasteiger partial charge in [0.2, 0.25) is 5.88 Å². The van der Waals surface area contributed by atoms with Crippen molar-refractivity contribution in [2.45, 2.75) is 32.0 Å². The highest BCUT2D eigenvalue weighted by atomic mass is 16.6. The molecule has 0 bridgehead atoms. The summed E-state index contributed by atoms with van der Waals surface area (Å²) in [7, 11) is 0. The standard InChI is InChI=1S/C22H24N4O4/c1-22(2)18(29-20-12-19(24-13-25-20)26-7-5-23-6-8-26)10-15-9-14-3-4-21(27)28-16(14)11-17(15)30-22/h3-4,9,11-13,18,23H,5-8,10H2,1-2H3. The van der Waals surface area contributed by atoms with Gasteiger partial charge in [-0.05, 0) is 31.5 Å². The Morgan fingerprint density at radius 3 is 2.83 bits per heavy atom. The number of hydrogen-bond donors (Lipinski definition) is 1. The minimum absolute atomic E-state index is 0.232. The van der Waals surface area contributed by atoms with Crippen molar-refractivity contribution < 1.29 is 13.9 Å². The smallest absolute Gasteiger partial charge is 0.336 e. The first-order chi connectivity index (χ1) is 14.5. The predicted molar refractivity (Wildman–Crippen MR) is 112 cm³/mol. The third-order valence-corrected chi connectivity index (χ3v) is 5.69. The molecule has 0 aliphatic carbocycles. The van der Waals surface area contributed by atoms with E-state index >= 15 is 0 Å². The molecule has 8 heteroatoms. The molecular weight excluding hydrogens is 384 g/mol. The van der Waals surface area contributed by atoms with Gasteiger partial charge in [-0.15, -0.1) is 0 Å². The van der Waals surface area contributed by atoms with Crippen LogP contribution < -0.4 is 25.3 Å². The highest BCUT2D eigenvalue weighted by Gasteiger charge is 2.39. The monoisotopic (exact) mass is 408 g/mol. The SMILES string of the molecule is CC1(C)Oc2cc3oc(=O)ccc3cc2CC1Oc1cc(N2CCNCC2)ncn1. The molecule has 2 aliphatic rings. The Balaban J connectivity index is 1.41. The molecule has 3 aromatic rings. The minimum atomic E-state index is -0.587. The fourth-order valence-electron chi connectivity index (χ4n) is 3.98. The van der Waals surface area contributed by atoms with Gasteiger partial charge in [0.15, 0.2) is 0 Å². The Morgan fingerprint density at radius 2 is 2.00 bits per heavy atom. The average Bonchev–Trinajstić information content (AvgIpc) is 2.74. The number of rotatable bonds is 3. The van der Waals surface area contributed by atoms with Crippen LogP contribution in [0, 0.1) is 0 Å². The van der Waals surface area contributed by atoms with Crippen molar-refractivity contribution in [3.63, 3.8) is 0 Å². The van der Waals surface area contributed by atoms with Crippen molar-refractivity contribution in [2.75, 3.05) is 31.1 Å². The number of ether oxygens (including phenoxy) is 2. The van der Waals surface area contributed by atoms with Crippen molar-refractivity contribution in [3.8, 4) is 11.6 Å². The van der Waals surface area contributed by atoms with E-state index in [0.717, 1.165) is 42.9 Å². The van der Waals surface area contributed by atoms with E-state index in [4.69, 9.17) is 13.9 Å². The average molecular weight is 408 g/mol. The topological polar surface area (TPSA) is 89.7 Å². The Kier molecular flexibility index (Phi) is 4.58. The first-order valence-electron chi connectivity index (χ1n) is 10.2. The molecule has 1 saturated heterocycles. The second kappa shape index (κ2) is 7.28. The van der Waals surface area contributed by atoms with E-state index in [9.17, 15) is 4.79 Å². The maximum Gasteiger partial charge on any atom is 0.336 e. The van der Waals surface area contributed by atoms with Crippen molar-refractivity contribution in [1.29, 1.82) is 0 Å². The summed E-state index contributed by atoms with van der Waals surface area (Å²) in [5.41, 5.74) is 0.573. The van der Waals surface area contributed by atoms with Gasteiger partial charge < -0.3 is 24.1 Å². The van der Waals surface area contributed by atoms with E-state index in [1.54, 1.807) is 18.5 Å². The van der Waals surface area contributed by atoms with Crippen LogP contribution >= 0.6 is 0 Å². The van der Waals surface area contributed by atoms with Crippen LogP contribution in [-0.2, 0) is 6.42 Å². The first-order valence-corrected chi connectivity index (χ1v) is 10.2. The maximum absolute atomic E-state index is 11.5. The number of fused-ring (bicyclic) bond motifs is 2. The van der Waals surface area contributed by atoms with E-state index in [1.165, 1.54) is 6.07 Å². The zero-order valence-corrected chi connectivity index (χ0v) is 17.1. The zero-order chi connectivity index (χ0) is 20.7. The van der Waals surface area contributed by atoms with Gasteiger partial charge in [-0.1, -0.05) is 0 Å². The highest BCUT2D eigenvalue weighted by molar-refractivity contribution is 5.79. The highest BCUT2D eigenvalue weighted by Crippen LogP contribution is 2.37. The van der Waals surface area contributed by atoms with Crippen LogP contribution in [-0.4, -0.2) is 47.9 Å². The number of nitrogens with zero attached hydrogens (tertiary/aromatic N) is 3. The normalized spacial score (nSPS) is 20.5. The Hall–Kier alpha value is -3.13. The summed E-state index contributed by atoms with van der Waals surface area (Å²) in [6.07, 6.45) is 1.97. The molecule has 0 saturated carbocycles. The van der Waals surface area contributed by atoms with Crippen molar-refractivity contribution in [1.82, 2.24) is 15.3 Å². The first kappa shape index (κ1) is 18.9. The quantitative estimate of drug-likeness (QED) is 0.660. The van der Waals surface area contributed by atoms with Gasteiger partial charge in [0.05, 0.1) is 0 Å². The second-order valence-electron chi connectivity index (χ2n) is 8.22. The molecule has 0 amide bonds. The number of nitrogens with one attached hydrogen (secondary N) is 1. The molecule has 1 fully saturated rings. The lowest BCUT2D eigenvalue weighted by Gasteiger charge is -2.39. The van der Waals surface area contributed by atoms with Crippen LogP contribution in [0.15, 0.2) is 45.9 Å². The molecule has 1 atom stereocenters. The maximum atomic E-state index is 11.5. The summed E-state index contributed by atoms with van der Waals surface area (Å²) < 4.78 is 17.8. The molecule has 8 nitrogen and oxygen atoms in total. The Morgan fingerprint density at radius 1 is 1.17 bits per heavy atom. The Bertz CT molecular complexity index is 1140. The lowest BCUT2D eigenvalue weighted by atomic mass is 9.90. The molecule has 1 aromatic carbocycles. The lowest BCUT2D eigenvalue weighted by molar-refractivity contribution is -0.0287. The fraction of sp³-hybridized carbons (Fsp3) is 0.409. The van der Waals surface area contributed by atoms with Gasteiger partial charge in [-0.2, -0.15) is 0 Å². The van der Waals surface area contributed by atoms with E-state index in [-0.39, 0.29) is 11.7 Å². The second-order valence-corrected chi connectivity index (χ2v) is 8.22. The molecule has 4 heterocycles. The van der Waals surface area contributed by atoms with Gasteiger partial charge in [0.1, 0.15) is 35.2 Å². The lowest BCUT2D eigenvalue weighted by Crippen LogP contribution is -2.49. The van der Waals surface area contributed by atoms with Gasteiger partial charge >= 0.3 is 5.63 Å². The zero-order valence-electron chi connectivity index (χ0n) is 17.1. The Labute approximate surface area is 173 Å². The number of anilines is 1. The van der Waals surface area contributed by atoms with Crippen LogP contribution in [0.3, 0.4) is 0 Å². The summed E-state index contributed by atoms with van der Waals surface area (Å²) in [4.78, 5) is 22.5. The van der Waals surface area contributed by atoms with Crippen molar-refractivity contribution in [3.05, 3.63) is 52.6 Å². The molecule has 156 valence electrons. The number of aromatic nitrogens is 2. The van der Waals surface area contributed by atoms with E-state index in [2.05, 4.69) is 20.2 Å².